The number of benzene rings is 1. The van der Waals surface area contributed by atoms with E-state index in [2.05, 4.69) is 5.32 Å². The summed E-state index contributed by atoms with van der Waals surface area (Å²) in [7, 11) is 0. The van der Waals surface area contributed by atoms with Gasteiger partial charge in [0.2, 0.25) is 0 Å². The van der Waals surface area contributed by atoms with Crippen molar-refractivity contribution in [1.82, 2.24) is 5.32 Å². The summed E-state index contributed by atoms with van der Waals surface area (Å²) in [6.07, 6.45) is 3.36. The first kappa shape index (κ1) is 14.0. The third-order valence-electron chi connectivity index (χ3n) is 3.77. The first-order valence-electron chi connectivity index (χ1n) is 6.48. The van der Waals surface area contributed by atoms with Crippen LogP contribution in [0.2, 0.25) is 0 Å². The van der Waals surface area contributed by atoms with E-state index in [9.17, 15) is 15.0 Å². The molecule has 1 aromatic carbocycles. The van der Waals surface area contributed by atoms with E-state index in [4.69, 9.17) is 11.6 Å². The smallest absolute Gasteiger partial charge is 0.255 e. The fourth-order valence-corrected chi connectivity index (χ4v) is 3.02. The number of amides is 1. The Hall–Kier alpha value is -1.42. The monoisotopic (exact) mass is 283 g/mol. The molecule has 5 heteroatoms. The van der Waals surface area contributed by atoms with Gasteiger partial charge in [0.15, 0.2) is 0 Å². The lowest BCUT2D eigenvalue weighted by molar-refractivity contribution is 0.0942. The second-order valence-corrected chi connectivity index (χ2v) is 5.33. The van der Waals surface area contributed by atoms with Crippen LogP contribution in [0.25, 0.3) is 0 Å². The van der Waals surface area contributed by atoms with Gasteiger partial charge in [-0.15, -0.1) is 11.6 Å². The Morgan fingerprint density at radius 3 is 2.74 bits per heavy atom. The highest BCUT2D eigenvalue weighted by atomic mass is 35.5. The van der Waals surface area contributed by atoms with E-state index >= 15 is 0 Å². The Morgan fingerprint density at radius 1 is 1.32 bits per heavy atom. The van der Waals surface area contributed by atoms with Crippen molar-refractivity contribution in [3.63, 3.8) is 0 Å². The Kier molecular flexibility index (Phi) is 4.53. The topological polar surface area (TPSA) is 69.6 Å². The summed E-state index contributed by atoms with van der Waals surface area (Å²) in [5.74, 6) is 0.920. The van der Waals surface area contributed by atoms with Crippen LogP contribution in [0.1, 0.15) is 29.6 Å². The molecule has 4 nitrogen and oxygen atoms in total. The van der Waals surface area contributed by atoms with Crippen molar-refractivity contribution in [1.29, 1.82) is 0 Å². The molecule has 1 aromatic rings. The molecule has 0 bridgehead atoms. The predicted octanol–water partition coefficient (Wildman–Crippen LogP) is 2.48. The van der Waals surface area contributed by atoms with Gasteiger partial charge in [0.05, 0.1) is 5.56 Å². The van der Waals surface area contributed by atoms with E-state index in [1.165, 1.54) is 12.1 Å². The molecule has 0 spiro atoms. The predicted molar refractivity (Wildman–Crippen MR) is 73.7 cm³/mol. The number of hydrogen-bond acceptors (Lipinski definition) is 3. The number of phenolic OH excluding ortho intramolecular Hbond substituents is 2. The van der Waals surface area contributed by atoms with Crippen LogP contribution in [0.15, 0.2) is 18.2 Å². The number of rotatable bonds is 4. The molecule has 1 fully saturated rings. The van der Waals surface area contributed by atoms with Gasteiger partial charge in [0, 0.05) is 18.5 Å². The highest BCUT2D eigenvalue weighted by molar-refractivity contribution is 6.18. The lowest BCUT2D eigenvalue weighted by Crippen LogP contribution is -2.31. The Balaban J connectivity index is 1.94. The van der Waals surface area contributed by atoms with Crippen LogP contribution in [0.3, 0.4) is 0 Å². The van der Waals surface area contributed by atoms with Crippen molar-refractivity contribution in [2.75, 3.05) is 12.4 Å². The summed E-state index contributed by atoms with van der Waals surface area (Å²) in [6.45, 7) is 0.580. The maximum absolute atomic E-state index is 11.9. The summed E-state index contributed by atoms with van der Waals surface area (Å²) in [4.78, 5) is 11.9. The van der Waals surface area contributed by atoms with Gasteiger partial charge in [-0.1, -0.05) is 6.42 Å². The van der Waals surface area contributed by atoms with Gasteiger partial charge in [-0.25, -0.2) is 0 Å². The number of aromatic hydroxyl groups is 2. The third kappa shape index (κ3) is 3.32. The number of phenols is 2. The normalized spacial score (nSPS) is 22.4. The van der Waals surface area contributed by atoms with Crippen LogP contribution in [-0.4, -0.2) is 28.5 Å². The number of nitrogens with one attached hydrogen (secondary N) is 1. The molecule has 1 saturated carbocycles. The molecule has 0 aromatic heterocycles. The molecule has 3 N–H and O–H groups in total. The number of alkyl halides is 1. The zero-order chi connectivity index (χ0) is 13.8. The van der Waals surface area contributed by atoms with Gasteiger partial charge >= 0.3 is 0 Å². The molecular formula is C14H18ClNO3. The maximum Gasteiger partial charge on any atom is 0.255 e. The average molecular weight is 284 g/mol. The molecule has 2 atom stereocenters. The van der Waals surface area contributed by atoms with E-state index in [1.54, 1.807) is 0 Å². The number of halogens is 1. The minimum Gasteiger partial charge on any atom is -0.508 e. The minimum atomic E-state index is -0.322. The van der Waals surface area contributed by atoms with E-state index in [1.807, 2.05) is 0 Å². The molecule has 19 heavy (non-hydrogen) atoms. The Bertz CT molecular complexity index is 464. The van der Waals surface area contributed by atoms with E-state index in [-0.39, 0.29) is 23.0 Å². The zero-order valence-electron chi connectivity index (χ0n) is 10.6. The van der Waals surface area contributed by atoms with Gasteiger partial charge < -0.3 is 15.5 Å². The van der Waals surface area contributed by atoms with Gasteiger partial charge in [-0.05, 0) is 36.8 Å². The molecule has 0 aliphatic heterocycles. The SMILES string of the molecule is O=C(NCC1CCCC1CCl)c1ccc(O)cc1O. The first-order chi connectivity index (χ1) is 9.11. The largest absolute Gasteiger partial charge is 0.508 e. The van der Waals surface area contributed by atoms with E-state index < -0.39 is 0 Å². The van der Waals surface area contributed by atoms with Crippen molar-refractivity contribution in [3.05, 3.63) is 23.8 Å². The van der Waals surface area contributed by atoms with Crippen LogP contribution in [0.5, 0.6) is 11.5 Å². The third-order valence-corrected chi connectivity index (χ3v) is 4.16. The lowest BCUT2D eigenvalue weighted by atomic mass is 9.98. The summed E-state index contributed by atoms with van der Waals surface area (Å²) >= 11 is 5.90. The second kappa shape index (κ2) is 6.15. The van der Waals surface area contributed by atoms with Crippen molar-refractivity contribution in [3.8, 4) is 11.5 Å². The van der Waals surface area contributed by atoms with Crippen molar-refractivity contribution < 1.29 is 15.0 Å². The fraction of sp³-hybridized carbons (Fsp3) is 0.500. The van der Waals surface area contributed by atoms with Crippen molar-refractivity contribution >= 4 is 17.5 Å². The van der Waals surface area contributed by atoms with E-state index in [0.29, 0.717) is 24.3 Å². The maximum atomic E-state index is 11.9. The number of carbonyl (C=O) groups is 1. The first-order valence-corrected chi connectivity index (χ1v) is 7.01. The Morgan fingerprint density at radius 2 is 2.05 bits per heavy atom. The highest BCUT2D eigenvalue weighted by Crippen LogP contribution is 2.32. The summed E-state index contributed by atoms with van der Waals surface area (Å²) in [6, 6.07) is 3.95. The van der Waals surface area contributed by atoms with Gasteiger partial charge in [-0.2, -0.15) is 0 Å². The average Bonchev–Trinajstić information content (AvgIpc) is 2.83. The zero-order valence-corrected chi connectivity index (χ0v) is 11.4. The highest BCUT2D eigenvalue weighted by Gasteiger charge is 2.26. The van der Waals surface area contributed by atoms with Gasteiger partial charge in [0.25, 0.3) is 5.91 Å². The quantitative estimate of drug-likeness (QED) is 0.744. The molecule has 1 aliphatic rings. The van der Waals surface area contributed by atoms with Crippen LogP contribution in [-0.2, 0) is 0 Å². The summed E-state index contributed by atoms with van der Waals surface area (Å²) < 4.78 is 0. The minimum absolute atomic E-state index is 0.0629. The Labute approximate surface area is 117 Å². The molecule has 1 amide bonds. The van der Waals surface area contributed by atoms with Crippen LogP contribution < -0.4 is 5.32 Å². The van der Waals surface area contributed by atoms with Crippen LogP contribution >= 0.6 is 11.6 Å². The molecule has 2 rings (SSSR count). The molecular weight excluding hydrogens is 266 g/mol. The molecule has 0 saturated heterocycles. The lowest BCUT2D eigenvalue weighted by Gasteiger charge is -2.17. The van der Waals surface area contributed by atoms with Gasteiger partial charge in [-0.3, -0.25) is 4.79 Å². The number of hydrogen-bond donors (Lipinski definition) is 3. The fourth-order valence-electron chi connectivity index (χ4n) is 2.62. The van der Waals surface area contributed by atoms with Crippen molar-refractivity contribution in [2.24, 2.45) is 11.8 Å². The molecule has 0 heterocycles. The van der Waals surface area contributed by atoms with Gasteiger partial charge in [0.1, 0.15) is 11.5 Å². The van der Waals surface area contributed by atoms with Crippen LogP contribution in [0, 0.1) is 11.8 Å². The summed E-state index contributed by atoms with van der Waals surface area (Å²) in [5, 5.41) is 21.6. The summed E-state index contributed by atoms with van der Waals surface area (Å²) in [5.41, 5.74) is 0.179. The van der Waals surface area contributed by atoms with Crippen molar-refractivity contribution in [2.45, 2.75) is 19.3 Å². The number of carbonyl (C=O) groups excluding carboxylic acids is 1. The molecule has 2 unspecified atom stereocenters. The molecule has 1 aliphatic carbocycles. The standard InChI is InChI=1S/C14H18ClNO3/c15-7-9-2-1-3-10(9)8-16-14(19)12-5-4-11(17)6-13(12)18/h4-6,9-10,17-18H,1-3,7-8H2,(H,16,19). The molecule has 0 radical (unpaired) electrons. The molecule has 104 valence electrons. The van der Waals surface area contributed by atoms with Crippen LogP contribution in [0.4, 0.5) is 0 Å². The second-order valence-electron chi connectivity index (χ2n) is 5.02. The van der Waals surface area contributed by atoms with E-state index in [0.717, 1.165) is 25.3 Å².